The van der Waals surface area contributed by atoms with Crippen LogP contribution in [0.3, 0.4) is 0 Å². The highest BCUT2D eigenvalue weighted by Crippen LogP contribution is 2.18. The van der Waals surface area contributed by atoms with E-state index in [1.54, 1.807) is 43.6 Å². The lowest BCUT2D eigenvalue weighted by molar-refractivity contribution is -0.126. The largest absolute Gasteiger partial charge is 0.497 e. The summed E-state index contributed by atoms with van der Waals surface area (Å²) < 4.78 is 6.50. The van der Waals surface area contributed by atoms with Gasteiger partial charge in [-0.2, -0.15) is 0 Å². The van der Waals surface area contributed by atoms with E-state index in [1.807, 2.05) is 42.5 Å². The zero-order chi connectivity index (χ0) is 21.3. The Morgan fingerprint density at radius 3 is 2.37 bits per heavy atom. The van der Waals surface area contributed by atoms with Gasteiger partial charge in [0.1, 0.15) is 11.4 Å². The number of carbonyl (C=O) groups excluding carboxylic acids is 1. The molecule has 1 heterocycles. The highest BCUT2D eigenvalue weighted by atomic mass is 16.5. The van der Waals surface area contributed by atoms with Gasteiger partial charge in [-0.15, -0.1) is 0 Å². The van der Waals surface area contributed by atoms with Crippen LogP contribution in [-0.4, -0.2) is 40.7 Å². The molecule has 3 aromatic rings. The molecule has 0 unspecified atom stereocenters. The van der Waals surface area contributed by atoms with Crippen molar-refractivity contribution in [3.05, 3.63) is 100 Å². The van der Waals surface area contributed by atoms with Crippen molar-refractivity contribution in [1.29, 1.82) is 0 Å². The second kappa shape index (κ2) is 10.2. The second-order valence-electron chi connectivity index (χ2n) is 6.65. The van der Waals surface area contributed by atoms with E-state index < -0.39 is 0 Å². The lowest BCUT2D eigenvalue weighted by Gasteiger charge is -2.24. The molecule has 0 spiro atoms. The minimum Gasteiger partial charge on any atom is -0.497 e. The van der Waals surface area contributed by atoms with Crippen molar-refractivity contribution in [3.8, 4) is 5.75 Å². The third-order valence-electron chi connectivity index (χ3n) is 4.59. The van der Waals surface area contributed by atoms with Gasteiger partial charge in [-0.05, 0) is 35.4 Å². The number of aromatic nitrogens is 1. The summed E-state index contributed by atoms with van der Waals surface area (Å²) in [4.78, 5) is 27.5. The molecule has 0 aliphatic rings. The van der Waals surface area contributed by atoms with Crippen molar-refractivity contribution >= 4 is 17.7 Å². The van der Waals surface area contributed by atoms with Crippen molar-refractivity contribution in [3.63, 3.8) is 0 Å². The fourth-order valence-corrected chi connectivity index (χ4v) is 3.06. The SMILES string of the molecule is COc1ccc(C=C(C(=O)N(CCO)Cc2ccccc2)n2ccccc2=O)cc1. The summed E-state index contributed by atoms with van der Waals surface area (Å²) in [6, 6.07) is 21.5. The third kappa shape index (κ3) is 5.24. The number of benzene rings is 2. The number of aliphatic hydroxyl groups is 1. The molecule has 30 heavy (non-hydrogen) atoms. The van der Waals surface area contributed by atoms with Gasteiger partial charge in [0.15, 0.2) is 0 Å². The molecule has 0 aliphatic heterocycles. The first-order chi connectivity index (χ1) is 14.6. The molecule has 6 nitrogen and oxygen atoms in total. The monoisotopic (exact) mass is 404 g/mol. The summed E-state index contributed by atoms with van der Waals surface area (Å²) in [6.07, 6.45) is 3.23. The predicted molar refractivity (Wildman–Crippen MR) is 117 cm³/mol. The summed E-state index contributed by atoms with van der Waals surface area (Å²) in [5, 5.41) is 9.52. The first-order valence-corrected chi connectivity index (χ1v) is 9.60. The normalized spacial score (nSPS) is 11.2. The number of hydrogen-bond acceptors (Lipinski definition) is 4. The lowest BCUT2D eigenvalue weighted by Crippen LogP contribution is -2.36. The molecule has 154 valence electrons. The van der Waals surface area contributed by atoms with Gasteiger partial charge in [0.2, 0.25) is 0 Å². The zero-order valence-electron chi connectivity index (χ0n) is 16.8. The first-order valence-electron chi connectivity index (χ1n) is 9.60. The van der Waals surface area contributed by atoms with E-state index >= 15 is 0 Å². The summed E-state index contributed by atoms with van der Waals surface area (Å²) in [5.74, 6) is 0.347. The topological polar surface area (TPSA) is 71.8 Å². The van der Waals surface area contributed by atoms with Crippen molar-refractivity contribution in [1.82, 2.24) is 9.47 Å². The Morgan fingerprint density at radius 1 is 1.03 bits per heavy atom. The quantitative estimate of drug-likeness (QED) is 0.586. The van der Waals surface area contributed by atoms with Gasteiger partial charge >= 0.3 is 0 Å². The van der Waals surface area contributed by atoms with Gasteiger partial charge in [-0.25, -0.2) is 0 Å². The number of amides is 1. The number of methoxy groups -OCH3 is 1. The molecular formula is C24H24N2O4. The number of rotatable bonds is 8. The van der Waals surface area contributed by atoms with Crippen LogP contribution < -0.4 is 10.3 Å². The number of aliphatic hydroxyl groups excluding tert-OH is 1. The molecule has 0 bridgehead atoms. The summed E-state index contributed by atoms with van der Waals surface area (Å²) >= 11 is 0. The highest BCUT2D eigenvalue weighted by Gasteiger charge is 2.20. The van der Waals surface area contributed by atoms with Crippen molar-refractivity contribution < 1.29 is 14.6 Å². The average Bonchev–Trinajstić information content (AvgIpc) is 2.78. The number of ether oxygens (including phenoxy) is 1. The maximum atomic E-state index is 13.5. The highest BCUT2D eigenvalue weighted by molar-refractivity contribution is 6.18. The summed E-state index contributed by atoms with van der Waals surface area (Å²) in [6.45, 7) is 0.287. The van der Waals surface area contributed by atoms with Crippen LogP contribution in [0.4, 0.5) is 0 Å². The molecule has 0 radical (unpaired) electrons. The van der Waals surface area contributed by atoms with E-state index in [4.69, 9.17) is 4.74 Å². The maximum Gasteiger partial charge on any atom is 0.271 e. The molecule has 0 saturated carbocycles. The molecule has 1 amide bonds. The van der Waals surface area contributed by atoms with Crippen LogP contribution in [0, 0.1) is 0 Å². The molecule has 6 heteroatoms. The zero-order valence-corrected chi connectivity index (χ0v) is 16.8. The Labute approximate surface area is 175 Å². The Balaban J connectivity index is 2.03. The van der Waals surface area contributed by atoms with E-state index in [2.05, 4.69) is 0 Å². The standard InChI is InChI=1S/C24H24N2O4/c1-30-21-12-10-19(11-13-21)17-22(26-14-6-5-9-23(26)28)24(29)25(15-16-27)18-20-7-3-2-4-8-20/h2-14,17,27H,15-16,18H2,1H3. The van der Waals surface area contributed by atoms with Gasteiger partial charge in [0, 0.05) is 25.4 Å². The van der Waals surface area contributed by atoms with Crippen LogP contribution in [0.1, 0.15) is 11.1 Å². The molecule has 0 atom stereocenters. The molecule has 0 fully saturated rings. The molecule has 1 N–H and O–H groups in total. The lowest BCUT2D eigenvalue weighted by atomic mass is 10.1. The smallest absolute Gasteiger partial charge is 0.271 e. The average molecular weight is 404 g/mol. The maximum absolute atomic E-state index is 13.5. The second-order valence-corrected chi connectivity index (χ2v) is 6.65. The molecular weight excluding hydrogens is 380 g/mol. The van der Waals surface area contributed by atoms with E-state index in [-0.39, 0.29) is 30.3 Å². The summed E-state index contributed by atoms with van der Waals surface area (Å²) in [5.41, 5.74) is 1.58. The number of pyridine rings is 1. The van der Waals surface area contributed by atoms with Crippen molar-refractivity contribution in [2.45, 2.75) is 6.54 Å². The predicted octanol–water partition coefficient (Wildman–Crippen LogP) is 2.88. The molecule has 0 aliphatic carbocycles. The van der Waals surface area contributed by atoms with Crippen LogP contribution in [0.15, 0.2) is 83.8 Å². The minimum absolute atomic E-state index is 0.148. The third-order valence-corrected chi connectivity index (χ3v) is 4.59. The Kier molecular flexibility index (Phi) is 7.19. The fourth-order valence-electron chi connectivity index (χ4n) is 3.06. The van der Waals surface area contributed by atoms with E-state index in [0.29, 0.717) is 12.3 Å². The van der Waals surface area contributed by atoms with Gasteiger partial charge in [-0.1, -0.05) is 48.5 Å². The van der Waals surface area contributed by atoms with E-state index in [0.717, 1.165) is 11.1 Å². The van der Waals surface area contributed by atoms with Crippen LogP contribution in [0.2, 0.25) is 0 Å². The van der Waals surface area contributed by atoms with Crippen LogP contribution in [0.5, 0.6) is 5.75 Å². The molecule has 1 aromatic heterocycles. The molecule has 3 rings (SSSR count). The van der Waals surface area contributed by atoms with Gasteiger partial charge in [0.25, 0.3) is 11.5 Å². The fraction of sp³-hybridized carbons (Fsp3) is 0.167. The Hall–Kier alpha value is -3.64. The minimum atomic E-state index is -0.350. The Bertz CT molecular complexity index is 1060. The number of carbonyl (C=O) groups is 1. The van der Waals surface area contributed by atoms with Crippen LogP contribution >= 0.6 is 0 Å². The summed E-state index contributed by atoms with van der Waals surface area (Å²) in [7, 11) is 1.58. The number of nitrogens with zero attached hydrogens (tertiary/aromatic N) is 2. The van der Waals surface area contributed by atoms with Crippen LogP contribution in [0.25, 0.3) is 11.8 Å². The van der Waals surface area contributed by atoms with Crippen molar-refractivity contribution in [2.75, 3.05) is 20.3 Å². The first kappa shape index (κ1) is 21.1. The van der Waals surface area contributed by atoms with E-state index in [9.17, 15) is 14.7 Å². The van der Waals surface area contributed by atoms with Gasteiger partial charge in [0.05, 0.1) is 13.7 Å². The van der Waals surface area contributed by atoms with Crippen LogP contribution in [-0.2, 0) is 11.3 Å². The van der Waals surface area contributed by atoms with Crippen molar-refractivity contribution in [2.24, 2.45) is 0 Å². The van der Waals surface area contributed by atoms with Gasteiger partial charge in [-0.3, -0.25) is 14.2 Å². The van der Waals surface area contributed by atoms with Gasteiger partial charge < -0.3 is 14.7 Å². The Morgan fingerprint density at radius 2 is 1.73 bits per heavy atom. The molecule has 0 saturated heterocycles. The number of hydrogen-bond donors (Lipinski definition) is 1. The molecule has 2 aromatic carbocycles. The van der Waals surface area contributed by atoms with E-state index in [1.165, 1.54) is 15.5 Å².